The van der Waals surface area contributed by atoms with Crippen LogP contribution in [0.15, 0.2) is 54.0 Å². The van der Waals surface area contributed by atoms with E-state index in [0.717, 1.165) is 32.7 Å². The second-order valence-electron chi connectivity index (χ2n) is 7.46. The Labute approximate surface area is 172 Å². The second kappa shape index (κ2) is 6.50. The van der Waals surface area contributed by atoms with Gasteiger partial charge in [-0.2, -0.15) is 5.10 Å². The number of aromatic nitrogens is 3. The van der Waals surface area contributed by atoms with Crippen molar-refractivity contribution in [3.05, 3.63) is 59.6 Å². The summed E-state index contributed by atoms with van der Waals surface area (Å²) in [6.07, 6.45) is 2.26. The summed E-state index contributed by atoms with van der Waals surface area (Å²) in [6, 6.07) is 13.6. The molecule has 0 aliphatic carbocycles. The maximum Gasteiger partial charge on any atom is 0.258 e. The Balaban J connectivity index is 1.54. The minimum Gasteiger partial charge on any atom is -0.375 e. The van der Waals surface area contributed by atoms with Gasteiger partial charge in [-0.3, -0.25) is 9.48 Å². The number of thiazole rings is 1. The molecule has 1 atom stereocenters. The largest absolute Gasteiger partial charge is 0.375 e. The zero-order valence-electron chi connectivity index (χ0n) is 16.2. The molecule has 7 heteroatoms. The number of carbonyl (C=O) groups excluding carboxylic acids is 1. The van der Waals surface area contributed by atoms with E-state index in [1.165, 1.54) is 0 Å². The standard InChI is InChI=1S/C22H20N4O2S/c1-25-10-9-22(28,21(25)27)15-6-3-5-14(11-15)20-24-18(13-29-20)16-7-4-8-19-17(16)12-23-26(19)2/h3-8,11-13,28H,9-10H2,1-2H3/t22-/m1/s1. The Bertz CT molecular complexity index is 1240. The van der Waals surface area contributed by atoms with Crippen molar-refractivity contribution >= 4 is 28.1 Å². The maximum atomic E-state index is 12.4. The summed E-state index contributed by atoms with van der Waals surface area (Å²) < 4.78 is 1.85. The highest BCUT2D eigenvalue weighted by Gasteiger charge is 2.45. The number of hydrogen-bond donors (Lipinski definition) is 1. The number of aryl methyl sites for hydroxylation is 1. The average Bonchev–Trinajstić information content (AvgIpc) is 3.44. The number of hydrogen-bond acceptors (Lipinski definition) is 5. The SMILES string of the molecule is CN1CC[C@@](O)(c2cccc(-c3nc(-c4cccc5c4cnn5C)cs3)c2)C1=O. The van der Waals surface area contributed by atoms with Gasteiger partial charge in [0.05, 0.1) is 17.4 Å². The number of nitrogens with zero attached hydrogens (tertiary/aromatic N) is 4. The van der Waals surface area contributed by atoms with Crippen LogP contribution in [0.1, 0.15) is 12.0 Å². The van der Waals surface area contributed by atoms with Gasteiger partial charge in [-0.15, -0.1) is 11.3 Å². The number of carbonyl (C=O) groups is 1. The van der Waals surface area contributed by atoms with Gasteiger partial charge in [0, 0.05) is 49.0 Å². The molecular formula is C22H20N4O2S. The van der Waals surface area contributed by atoms with Crippen LogP contribution < -0.4 is 0 Å². The minimum atomic E-state index is -1.45. The molecule has 146 valence electrons. The van der Waals surface area contributed by atoms with Crippen molar-refractivity contribution in [3.8, 4) is 21.8 Å². The summed E-state index contributed by atoms with van der Waals surface area (Å²) in [5, 5.41) is 19.3. The number of likely N-dealkylation sites (tertiary alicyclic amines) is 1. The molecular weight excluding hydrogens is 384 g/mol. The van der Waals surface area contributed by atoms with Gasteiger partial charge in [-0.25, -0.2) is 4.98 Å². The fourth-order valence-corrected chi connectivity index (χ4v) is 4.78. The number of benzene rings is 2. The van der Waals surface area contributed by atoms with Gasteiger partial charge in [0.2, 0.25) is 0 Å². The number of likely N-dealkylation sites (N-methyl/N-ethyl adjacent to an activating group) is 1. The van der Waals surface area contributed by atoms with Crippen molar-refractivity contribution in [2.45, 2.75) is 12.0 Å². The Morgan fingerprint density at radius 2 is 2.00 bits per heavy atom. The van der Waals surface area contributed by atoms with E-state index in [-0.39, 0.29) is 5.91 Å². The van der Waals surface area contributed by atoms with E-state index in [4.69, 9.17) is 4.98 Å². The first-order valence-corrected chi connectivity index (χ1v) is 10.3. The van der Waals surface area contributed by atoms with Crippen LogP contribution in [0.3, 0.4) is 0 Å². The van der Waals surface area contributed by atoms with Crippen LogP contribution in [0, 0.1) is 0 Å². The summed E-state index contributed by atoms with van der Waals surface area (Å²) in [7, 11) is 3.65. The first kappa shape index (κ1) is 18.0. The lowest BCUT2D eigenvalue weighted by atomic mass is 9.91. The normalized spacial score (nSPS) is 19.4. The molecule has 2 aromatic carbocycles. The van der Waals surface area contributed by atoms with Crippen LogP contribution in [0.5, 0.6) is 0 Å². The Kier molecular flexibility index (Phi) is 4.04. The molecule has 2 aromatic heterocycles. The maximum absolute atomic E-state index is 12.4. The molecule has 1 saturated heterocycles. The lowest BCUT2D eigenvalue weighted by molar-refractivity contribution is -0.143. The smallest absolute Gasteiger partial charge is 0.258 e. The van der Waals surface area contributed by atoms with E-state index in [2.05, 4.69) is 11.2 Å². The van der Waals surface area contributed by atoms with Crippen LogP contribution in [0.2, 0.25) is 0 Å². The van der Waals surface area contributed by atoms with Gasteiger partial charge in [-0.05, 0) is 17.7 Å². The zero-order chi connectivity index (χ0) is 20.2. The molecule has 5 rings (SSSR count). The van der Waals surface area contributed by atoms with Crippen LogP contribution in [-0.4, -0.2) is 44.3 Å². The number of rotatable bonds is 3. The topological polar surface area (TPSA) is 71.2 Å². The second-order valence-corrected chi connectivity index (χ2v) is 8.32. The molecule has 1 aliphatic rings. The monoisotopic (exact) mass is 404 g/mol. The molecule has 1 aliphatic heterocycles. The molecule has 6 nitrogen and oxygen atoms in total. The third-order valence-electron chi connectivity index (χ3n) is 5.67. The minimum absolute atomic E-state index is 0.252. The average molecular weight is 404 g/mol. The summed E-state index contributed by atoms with van der Waals surface area (Å²) >= 11 is 1.55. The van der Waals surface area contributed by atoms with Gasteiger partial charge in [0.1, 0.15) is 5.01 Å². The molecule has 0 bridgehead atoms. The van der Waals surface area contributed by atoms with Crippen molar-refractivity contribution in [2.24, 2.45) is 7.05 Å². The fourth-order valence-electron chi connectivity index (χ4n) is 3.96. The molecule has 0 radical (unpaired) electrons. The van der Waals surface area contributed by atoms with Crippen LogP contribution in [0.25, 0.3) is 32.7 Å². The number of fused-ring (bicyclic) bond motifs is 1. The third-order valence-corrected chi connectivity index (χ3v) is 6.56. The van der Waals surface area contributed by atoms with Crippen LogP contribution in [-0.2, 0) is 17.4 Å². The van der Waals surface area contributed by atoms with E-state index in [0.29, 0.717) is 18.5 Å². The van der Waals surface area contributed by atoms with E-state index in [9.17, 15) is 9.90 Å². The van der Waals surface area contributed by atoms with E-state index in [1.807, 2.05) is 59.7 Å². The highest BCUT2D eigenvalue weighted by molar-refractivity contribution is 7.13. The first-order valence-electron chi connectivity index (χ1n) is 9.43. The molecule has 3 heterocycles. The molecule has 29 heavy (non-hydrogen) atoms. The summed E-state index contributed by atoms with van der Waals surface area (Å²) in [5.74, 6) is -0.252. The summed E-state index contributed by atoms with van der Waals surface area (Å²) in [6.45, 7) is 0.552. The predicted octanol–water partition coefficient (Wildman–Crippen LogP) is 3.41. The Morgan fingerprint density at radius 3 is 2.79 bits per heavy atom. The Morgan fingerprint density at radius 1 is 1.17 bits per heavy atom. The highest BCUT2D eigenvalue weighted by atomic mass is 32.1. The summed E-state index contributed by atoms with van der Waals surface area (Å²) in [4.78, 5) is 18.9. The van der Waals surface area contributed by atoms with Crippen molar-refractivity contribution in [1.29, 1.82) is 0 Å². The van der Waals surface area contributed by atoms with E-state index >= 15 is 0 Å². The third kappa shape index (κ3) is 2.77. The molecule has 0 saturated carbocycles. The lowest BCUT2D eigenvalue weighted by Gasteiger charge is -2.21. The predicted molar refractivity (Wildman–Crippen MR) is 113 cm³/mol. The lowest BCUT2D eigenvalue weighted by Crippen LogP contribution is -2.36. The van der Waals surface area contributed by atoms with Crippen molar-refractivity contribution in [3.63, 3.8) is 0 Å². The number of aliphatic hydroxyl groups is 1. The van der Waals surface area contributed by atoms with Crippen LogP contribution >= 0.6 is 11.3 Å². The fraction of sp³-hybridized carbons (Fsp3) is 0.227. The van der Waals surface area contributed by atoms with Crippen molar-refractivity contribution in [1.82, 2.24) is 19.7 Å². The summed E-state index contributed by atoms with van der Waals surface area (Å²) in [5.41, 5.74) is 3.06. The van der Waals surface area contributed by atoms with E-state index in [1.54, 1.807) is 23.3 Å². The molecule has 4 aromatic rings. The molecule has 1 N–H and O–H groups in total. The van der Waals surface area contributed by atoms with Gasteiger partial charge >= 0.3 is 0 Å². The highest BCUT2D eigenvalue weighted by Crippen LogP contribution is 2.37. The van der Waals surface area contributed by atoms with Crippen LogP contribution in [0.4, 0.5) is 0 Å². The van der Waals surface area contributed by atoms with Gasteiger partial charge in [-0.1, -0.05) is 30.3 Å². The quantitative estimate of drug-likeness (QED) is 0.568. The first-order chi connectivity index (χ1) is 14.0. The van der Waals surface area contributed by atoms with Gasteiger partial charge in [0.15, 0.2) is 5.60 Å². The van der Waals surface area contributed by atoms with Gasteiger partial charge < -0.3 is 10.0 Å². The Hall–Kier alpha value is -3.03. The molecule has 1 amide bonds. The van der Waals surface area contributed by atoms with E-state index < -0.39 is 5.60 Å². The van der Waals surface area contributed by atoms with Crippen molar-refractivity contribution < 1.29 is 9.90 Å². The molecule has 1 fully saturated rings. The zero-order valence-corrected chi connectivity index (χ0v) is 17.0. The number of amides is 1. The van der Waals surface area contributed by atoms with Crippen molar-refractivity contribution in [2.75, 3.05) is 13.6 Å². The molecule has 0 spiro atoms. The van der Waals surface area contributed by atoms with Gasteiger partial charge in [0.25, 0.3) is 5.91 Å². The molecule has 0 unspecified atom stereocenters.